The highest BCUT2D eigenvalue weighted by atomic mass is 19.1. The lowest BCUT2D eigenvalue weighted by atomic mass is 10.0. The summed E-state index contributed by atoms with van der Waals surface area (Å²) in [5.41, 5.74) is 4.19. The first-order valence-electron chi connectivity index (χ1n) is 12.2. The Labute approximate surface area is 215 Å². The fourth-order valence-corrected chi connectivity index (χ4v) is 4.37. The maximum Gasteiger partial charge on any atom is 0.256 e. The van der Waals surface area contributed by atoms with Crippen LogP contribution in [-0.4, -0.2) is 52.8 Å². The van der Waals surface area contributed by atoms with Crippen LogP contribution < -0.4 is 5.32 Å². The summed E-state index contributed by atoms with van der Waals surface area (Å²) < 4.78 is 13.1. The van der Waals surface area contributed by atoms with Crippen molar-refractivity contribution in [2.75, 3.05) is 31.5 Å². The van der Waals surface area contributed by atoms with Gasteiger partial charge >= 0.3 is 0 Å². The zero-order valence-electron chi connectivity index (χ0n) is 20.3. The van der Waals surface area contributed by atoms with Crippen molar-refractivity contribution in [1.29, 1.82) is 0 Å². The zero-order chi connectivity index (χ0) is 25.6. The van der Waals surface area contributed by atoms with Gasteiger partial charge in [-0.3, -0.25) is 14.5 Å². The van der Waals surface area contributed by atoms with Crippen LogP contribution >= 0.6 is 0 Å². The lowest BCUT2D eigenvalue weighted by Crippen LogP contribution is -2.48. The molecule has 37 heavy (non-hydrogen) atoms. The van der Waals surface area contributed by atoms with E-state index in [1.165, 1.54) is 18.3 Å². The Balaban J connectivity index is 1.13. The zero-order valence-corrected chi connectivity index (χ0v) is 20.3. The molecule has 2 amide bonds. The van der Waals surface area contributed by atoms with Crippen LogP contribution in [0, 0.1) is 5.82 Å². The number of pyridine rings is 1. The van der Waals surface area contributed by atoms with E-state index in [0.717, 1.165) is 36.3 Å². The summed E-state index contributed by atoms with van der Waals surface area (Å²) in [6, 6.07) is 27.2. The highest BCUT2D eigenvalue weighted by Crippen LogP contribution is 2.20. The minimum absolute atomic E-state index is 0.0803. The molecule has 0 saturated carbocycles. The number of hydrogen-bond donors (Lipinski definition) is 1. The third-order valence-electron chi connectivity index (χ3n) is 6.49. The molecule has 1 saturated heterocycles. The van der Waals surface area contributed by atoms with E-state index in [1.54, 1.807) is 36.4 Å². The number of aromatic nitrogens is 1. The Morgan fingerprint density at radius 3 is 2.05 bits per heavy atom. The molecule has 186 valence electrons. The van der Waals surface area contributed by atoms with Gasteiger partial charge in [-0.05, 0) is 53.1 Å². The molecule has 1 aliphatic heterocycles. The number of amides is 2. The second-order valence-electron chi connectivity index (χ2n) is 9.02. The number of nitrogens with one attached hydrogen (secondary N) is 1. The van der Waals surface area contributed by atoms with E-state index in [4.69, 9.17) is 0 Å². The maximum atomic E-state index is 13.1. The van der Waals surface area contributed by atoms with Crippen LogP contribution in [0.4, 0.5) is 10.2 Å². The first kappa shape index (κ1) is 24.3. The molecule has 1 fully saturated rings. The summed E-state index contributed by atoms with van der Waals surface area (Å²) in [4.78, 5) is 33.9. The van der Waals surface area contributed by atoms with Gasteiger partial charge in [-0.2, -0.15) is 0 Å². The quantitative estimate of drug-likeness (QED) is 0.405. The molecule has 1 aromatic heterocycles. The van der Waals surface area contributed by atoms with E-state index in [9.17, 15) is 14.0 Å². The van der Waals surface area contributed by atoms with Gasteiger partial charge in [0.15, 0.2) is 0 Å². The van der Waals surface area contributed by atoms with Gasteiger partial charge in [0.2, 0.25) is 0 Å². The predicted molar refractivity (Wildman–Crippen MR) is 142 cm³/mol. The van der Waals surface area contributed by atoms with Gasteiger partial charge in [0, 0.05) is 44.5 Å². The van der Waals surface area contributed by atoms with Gasteiger partial charge in [-0.25, -0.2) is 9.37 Å². The number of piperazine rings is 1. The third kappa shape index (κ3) is 6.08. The van der Waals surface area contributed by atoms with Gasteiger partial charge in [0.1, 0.15) is 11.6 Å². The van der Waals surface area contributed by atoms with Gasteiger partial charge in [0.05, 0.1) is 5.56 Å². The fraction of sp³-hybridized carbons (Fsp3) is 0.167. The molecular weight excluding hydrogens is 467 g/mol. The summed E-state index contributed by atoms with van der Waals surface area (Å²) in [6.07, 6.45) is 1.50. The van der Waals surface area contributed by atoms with Crippen LogP contribution in [0.3, 0.4) is 0 Å². The van der Waals surface area contributed by atoms with E-state index in [0.29, 0.717) is 30.0 Å². The van der Waals surface area contributed by atoms with Crippen molar-refractivity contribution >= 4 is 17.6 Å². The van der Waals surface area contributed by atoms with E-state index in [2.05, 4.69) is 15.2 Å². The standard InChI is InChI=1S/C30H27FN4O2/c31-27-13-6-22(7-14-27)21-34-16-18-35(19-17-34)30(37)26-12-15-28(32-20-26)33-29(36)25-10-8-24(9-11-25)23-4-2-1-3-5-23/h1-15,20H,16-19,21H2,(H,32,33,36). The second-order valence-corrected chi connectivity index (χ2v) is 9.02. The van der Waals surface area contributed by atoms with Gasteiger partial charge in [0.25, 0.3) is 11.8 Å². The van der Waals surface area contributed by atoms with Crippen LogP contribution in [0.15, 0.2) is 97.2 Å². The Morgan fingerprint density at radius 1 is 0.757 bits per heavy atom. The Kier molecular flexibility index (Phi) is 7.33. The Hall–Kier alpha value is -4.36. The van der Waals surface area contributed by atoms with E-state index < -0.39 is 0 Å². The number of nitrogens with zero attached hydrogens (tertiary/aromatic N) is 3. The monoisotopic (exact) mass is 494 g/mol. The number of anilines is 1. The molecule has 0 atom stereocenters. The van der Waals surface area contributed by atoms with Crippen LogP contribution in [0.25, 0.3) is 11.1 Å². The molecule has 0 unspecified atom stereocenters. The average molecular weight is 495 g/mol. The number of carbonyl (C=O) groups excluding carboxylic acids is 2. The molecule has 1 N–H and O–H groups in total. The molecule has 3 aromatic carbocycles. The Morgan fingerprint density at radius 2 is 1.41 bits per heavy atom. The van der Waals surface area contributed by atoms with Crippen molar-refractivity contribution in [2.45, 2.75) is 6.54 Å². The molecule has 7 heteroatoms. The van der Waals surface area contributed by atoms with Crippen LogP contribution in [-0.2, 0) is 6.54 Å². The summed E-state index contributed by atoms with van der Waals surface area (Å²) >= 11 is 0. The summed E-state index contributed by atoms with van der Waals surface area (Å²) in [5.74, 6) is -0.194. The molecular formula is C30H27FN4O2. The minimum Gasteiger partial charge on any atom is -0.336 e. The van der Waals surface area contributed by atoms with Crippen molar-refractivity contribution in [1.82, 2.24) is 14.8 Å². The first-order valence-corrected chi connectivity index (χ1v) is 12.2. The van der Waals surface area contributed by atoms with Crippen molar-refractivity contribution in [3.8, 4) is 11.1 Å². The highest BCUT2D eigenvalue weighted by Gasteiger charge is 2.22. The second kappa shape index (κ2) is 11.1. The lowest BCUT2D eigenvalue weighted by Gasteiger charge is -2.34. The van der Waals surface area contributed by atoms with Crippen molar-refractivity contribution in [3.63, 3.8) is 0 Å². The SMILES string of the molecule is O=C(Nc1ccc(C(=O)N2CCN(Cc3ccc(F)cc3)CC2)cn1)c1ccc(-c2ccccc2)cc1. The highest BCUT2D eigenvalue weighted by molar-refractivity contribution is 6.04. The number of benzene rings is 3. The topological polar surface area (TPSA) is 65.5 Å². The number of carbonyl (C=O) groups is 2. The smallest absolute Gasteiger partial charge is 0.256 e. The molecule has 5 rings (SSSR count). The fourth-order valence-electron chi connectivity index (χ4n) is 4.37. The van der Waals surface area contributed by atoms with Crippen LogP contribution in [0.5, 0.6) is 0 Å². The Bertz CT molecular complexity index is 1350. The number of hydrogen-bond acceptors (Lipinski definition) is 4. The summed E-state index contributed by atoms with van der Waals surface area (Å²) in [5, 5.41) is 2.79. The molecule has 0 radical (unpaired) electrons. The predicted octanol–water partition coefficient (Wildman–Crippen LogP) is 5.10. The first-order chi connectivity index (χ1) is 18.0. The largest absolute Gasteiger partial charge is 0.336 e. The van der Waals surface area contributed by atoms with Gasteiger partial charge < -0.3 is 10.2 Å². The lowest BCUT2D eigenvalue weighted by molar-refractivity contribution is 0.0628. The molecule has 2 heterocycles. The molecule has 0 aliphatic carbocycles. The molecule has 0 spiro atoms. The molecule has 1 aliphatic rings. The molecule has 4 aromatic rings. The summed E-state index contributed by atoms with van der Waals surface area (Å²) in [6.45, 7) is 3.43. The number of halogens is 1. The maximum absolute atomic E-state index is 13.1. The van der Waals surface area contributed by atoms with Crippen molar-refractivity contribution < 1.29 is 14.0 Å². The van der Waals surface area contributed by atoms with Crippen LogP contribution in [0.1, 0.15) is 26.3 Å². The van der Waals surface area contributed by atoms with Gasteiger partial charge in [-0.1, -0.05) is 54.6 Å². The molecule has 6 nitrogen and oxygen atoms in total. The van der Waals surface area contributed by atoms with E-state index in [1.807, 2.05) is 47.4 Å². The number of rotatable bonds is 6. The molecule has 0 bridgehead atoms. The van der Waals surface area contributed by atoms with E-state index >= 15 is 0 Å². The normalized spacial score (nSPS) is 13.8. The van der Waals surface area contributed by atoms with Crippen molar-refractivity contribution in [2.24, 2.45) is 0 Å². The summed E-state index contributed by atoms with van der Waals surface area (Å²) in [7, 11) is 0. The van der Waals surface area contributed by atoms with Crippen molar-refractivity contribution in [3.05, 3.63) is 120 Å². The minimum atomic E-state index is -0.261. The van der Waals surface area contributed by atoms with Gasteiger partial charge in [-0.15, -0.1) is 0 Å². The van der Waals surface area contributed by atoms with Crippen LogP contribution in [0.2, 0.25) is 0 Å². The van der Waals surface area contributed by atoms with E-state index in [-0.39, 0.29) is 17.6 Å². The average Bonchev–Trinajstić information content (AvgIpc) is 2.95. The third-order valence-corrected chi connectivity index (χ3v) is 6.49.